The lowest BCUT2D eigenvalue weighted by Crippen LogP contribution is -2.36. The smallest absolute Gasteiger partial charge is 0.269 e. The average Bonchev–Trinajstić information content (AvgIpc) is 3.48. The number of fused-ring (bicyclic) bond motifs is 2. The Morgan fingerprint density at radius 3 is 2.52 bits per heavy atom. The van der Waals surface area contributed by atoms with Gasteiger partial charge in [-0.2, -0.15) is 0 Å². The van der Waals surface area contributed by atoms with E-state index in [0.29, 0.717) is 31.5 Å². The topological polar surface area (TPSA) is 74.8 Å². The summed E-state index contributed by atoms with van der Waals surface area (Å²) in [6, 6.07) is 12.2. The molecule has 1 saturated carbocycles. The summed E-state index contributed by atoms with van der Waals surface area (Å²) in [5.74, 6) is -0.682. The highest BCUT2D eigenvalue weighted by molar-refractivity contribution is 7.90. The van der Waals surface area contributed by atoms with Crippen molar-refractivity contribution in [3.05, 3.63) is 64.7 Å². The molecular formula is C20H18N2O4S. The molecule has 7 heteroatoms. The Bertz CT molecular complexity index is 1090. The molecule has 0 N–H and O–H groups in total. The number of carbonyl (C=O) groups is 2. The molecule has 0 radical (unpaired) electrons. The molecule has 1 aliphatic carbocycles. The van der Waals surface area contributed by atoms with Crippen LogP contribution in [-0.2, 0) is 23.0 Å². The highest BCUT2D eigenvalue weighted by Gasteiger charge is 2.48. The molecule has 2 aromatic carbocycles. The van der Waals surface area contributed by atoms with Crippen LogP contribution in [0.5, 0.6) is 0 Å². The minimum absolute atomic E-state index is 0.0392. The van der Waals surface area contributed by atoms with Crippen LogP contribution in [0.25, 0.3) is 0 Å². The maximum absolute atomic E-state index is 13.0. The van der Waals surface area contributed by atoms with Gasteiger partial charge in [-0.05, 0) is 48.6 Å². The van der Waals surface area contributed by atoms with E-state index in [1.807, 2.05) is 18.2 Å². The van der Waals surface area contributed by atoms with Gasteiger partial charge in [0.05, 0.1) is 5.56 Å². The van der Waals surface area contributed by atoms with Gasteiger partial charge in [0.2, 0.25) is 0 Å². The van der Waals surface area contributed by atoms with E-state index in [2.05, 4.69) is 6.07 Å². The van der Waals surface area contributed by atoms with Gasteiger partial charge in [-0.15, -0.1) is 0 Å². The first-order valence-electron chi connectivity index (χ1n) is 9.06. The van der Waals surface area contributed by atoms with Crippen LogP contribution < -0.4 is 0 Å². The lowest BCUT2D eigenvalue weighted by molar-refractivity contribution is 0.0733. The second-order valence-corrected chi connectivity index (χ2v) is 9.08. The monoisotopic (exact) mass is 382 g/mol. The molecule has 0 bridgehead atoms. The molecule has 0 atom stereocenters. The van der Waals surface area contributed by atoms with Crippen LogP contribution in [0.2, 0.25) is 0 Å². The van der Waals surface area contributed by atoms with Gasteiger partial charge in [0.1, 0.15) is 4.90 Å². The first-order chi connectivity index (χ1) is 13.0. The van der Waals surface area contributed by atoms with Gasteiger partial charge in [0.15, 0.2) is 0 Å². The van der Waals surface area contributed by atoms with Crippen LogP contribution in [0.1, 0.15) is 44.7 Å². The molecule has 0 aromatic heterocycles. The van der Waals surface area contributed by atoms with Crippen LogP contribution in [-0.4, -0.2) is 42.0 Å². The number of benzene rings is 2. The standard InChI is InChI=1S/C20H18N2O4S/c23-19(21-10-9-13-3-1-2-4-15(13)12-21)14-5-8-17-18(11-14)27(25,26)22(20(17)24)16-6-7-16/h1-5,8,11,16H,6-7,9-10,12H2. The molecule has 138 valence electrons. The Labute approximate surface area is 157 Å². The second-order valence-electron chi connectivity index (χ2n) is 7.29. The zero-order valence-corrected chi connectivity index (χ0v) is 15.4. The Kier molecular flexibility index (Phi) is 3.46. The van der Waals surface area contributed by atoms with E-state index in [1.54, 1.807) is 11.0 Å². The lowest BCUT2D eigenvalue weighted by atomic mass is 9.99. The fourth-order valence-electron chi connectivity index (χ4n) is 3.90. The van der Waals surface area contributed by atoms with Crippen molar-refractivity contribution in [3.63, 3.8) is 0 Å². The number of rotatable bonds is 2. The predicted molar refractivity (Wildman–Crippen MR) is 97.7 cm³/mol. The summed E-state index contributed by atoms with van der Waals surface area (Å²) in [5.41, 5.74) is 2.83. The molecule has 3 aliphatic rings. The molecule has 27 heavy (non-hydrogen) atoms. The SMILES string of the molecule is O=C(c1ccc2c(c1)S(=O)(=O)N(C1CC1)C2=O)N1CCc2ccccc2C1. The van der Waals surface area contributed by atoms with Crippen molar-refractivity contribution in [3.8, 4) is 0 Å². The second kappa shape index (κ2) is 5.66. The summed E-state index contributed by atoms with van der Waals surface area (Å²) >= 11 is 0. The number of amides is 2. The maximum atomic E-state index is 13.0. The van der Waals surface area contributed by atoms with Crippen molar-refractivity contribution in [2.45, 2.75) is 36.7 Å². The Hall–Kier alpha value is -2.67. The zero-order chi connectivity index (χ0) is 18.8. The van der Waals surface area contributed by atoms with Crippen molar-refractivity contribution in [2.75, 3.05) is 6.54 Å². The Morgan fingerprint density at radius 1 is 1.04 bits per heavy atom. The molecular weight excluding hydrogens is 364 g/mol. The van der Waals surface area contributed by atoms with Crippen molar-refractivity contribution in [2.24, 2.45) is 0 Å². The lowest BCUT2D eigenvalue weighted by Gasteiger charge is -2.29. The molecule has 2 heterocycles. The highest BCUT2D eigenvalue weighted by Crippen LogP contribution is 2.39. The number of hydrogen-bond acceptors (Lipinski definition) is 4. The molecule has 2 aromatic rings. The normalized spacial score (nSPS) is 20.4. The summed E-state index contributed by atoms with van der Waals surface area (Å²) < 4.78 is 26.5. The minimum Gasteiger partial charge on any atom is -0.334 e. The Balaban J connectivity index is 1.47. The van der Waals surface area contributed by atoms with Crippen molar-refractivity contribution >= 4 is 21.8 Å². The van der Waals surface area contributed by atoms with Gasteiger partial charge in [-0.1, -0.05) is 24.3 Å². The molecule has 5 rings (SSSR count). The van der Waals surface area contributed by atoms with E-state index in [1.165, 1.54) is 17.7 Å². The summed E-state index contributed by atoms with van der Waals surface area (Å²) in [6.45, 7) is 1.10. The Morgan fingerprint density at radius 2 is 1.78 bits per heavy atom. The van der Waals surface area contributed by atoms with Crippen LogP contribution in [0.3, 0.4) is 0 Å². The fraction of sp³-hybridized carbons (Fsp3) is 0.300. The first kappa shape index (κ1) is 16.5. The van der Waals surface area contributed by atoms with E-state index in [9.17, 15) is 18.0 Å². The first-order valence-corrected chi connectivity index (χ1v) is 10.5. The van der Waals surface area contributed by atoms with Gasteiger partial charge >= 0.3 is 0 Å². The van der Waals surface area contributed by atoms with E-state index in [4.69, 9.17) is 0 Å². The number of sulfonamides is 1. The molecule has 6 nitrogen and oxygen atoms in total. The third-order valence-electron chi connectivity index (χ3n) is 5.49. The van der Waals surface area contributed by atoms with Gasteiger partial charge in [0, 0.05) is 24.7 Å². The molecule has 2 amide bonds. The van der Waals surface area contributed by atoms with Crippen molar-refractivity contribution in [1.82, 2.24) is 9.21 Å². The van der Waals surface area contributed by atoms with E-state index >= 15 is 0 Å². The molecule has 1 fully saturated rings. The average molecular weight is 382 g/mol. The number of carbonyl (C=O) groups excluding carboxylic acids is 2. The van der Waals surface area contributed by atoms with Crippen LogP contribution >= 0.6 is 0 Å². The van der Waals surface area contributed by atoms with Crippen LogP contribution in [0, 0.1) is 0 Å². The van der Waals surface area contributed by atoms with Crippen molar-refractivity contribution in [1.29, 1.82) is 0 Å². The van der Waals surface area contributed by atoms with E-state index in [-0.39, 0.29) is 22.4 Å². The summed E-state index contributed by atoms with van der Waals surface area (Å²) in [6.07, 6.45) is 2.19. The van der Waals surface area contributed by atoms with Crippen molar-refractivity contribution < 1.29 is 18.0 Å². The minimum atomic E-state index is -3.85. The summed E-state index contributed by atoms with van der Waals surface area (Å²) in [4.78, 5) is 27.1. The van der Waals surface area contributed by atoms with Gasteiger partial charge < -0.3 is 4.90 Å². The third-order valence-corrected chi connectivity index (χ3v) is 7.37. The van der Waals surface area contributed by atoms with Gasteiger partial charge in [-0.25, -0.2) is 12.7 Å². The maximum Gasteiger partial charge on any atom is 0.269 e. The third kappa shape index (κ3) is 2.49. The molecule has 0 unspecified atom stereocenters. The van der Waals surface area contributed by atoms with E-state index < -0.39 is 15.9 Å². The number of nitrogens with zero attached hydrogens (tertiary/aromatic N) is 2. The molecule has 0 spiro atoms. The van der Waals surface area contributed by atoms with Gasteiger partial charge in [-0.3, -0.25) is 9.59 Å². The van der Waals surface area contributed by atoms with Crippen LogP contribution in [0.15, 0.2) is 47.4 Å². The van der Waals surface area contributed by atoms with Gasteiger partial charge in [0.25, 0.3) is 21.8 Å². The summed E-state index contributed by atoms with van der Waals surface area (Å²) in [5, 5.41) is 0. The quantitative estimate of drug-likeness (QED) is 0.798. The number of hydrogen-bond donors (Lipinski definition) is 0. The highest BCUT2D eigenvalue weighted by atomic mass is 32.2. The van der Waals surface area contributed by atoms with E-state index in [0.717, 1.165) is 16.3 Å². The fourth-order valence-corrected chi connectivity index (χ4v) is 5.74. The molecule has 2 aliphatic heterocycles. The zero-order valence-electron chi connectivity index (χ0n) is 14.6. The predicted octanol–water partition coefficient (Wildman–Crippen LogP) is 2.19. The summed E-state index contributed by atoms with van der Waals surface area (Å²) in [7, 11) is -3.85. The van der Waals surface area contributed by atoms with Crippen LogP contribution in [0.4, 0.5) is 0 Å². The molecule has 0 saturated heterocycles. The largest absolute Gasteiger partial charge is 0.334 e.